The Balaban J connectivity index is 3.07. The number of carboxylic acids is 1. The van der Waals surface area contributed by atoms with Gasteiger partial charge < -0.3 is 5.11 Å². The van der Waals surface area contributed by atoms with Crippen molar-refractivity contribution in [3.63, 3.8) is 0 Å². The van der Waals surface area contributed by atoms with Gasteiger partial charge in [0.15, 0.2) is 5.69 Å². The largest absolute Gasteiger partial charge is 0.476 e. The molecule has 0 amide bonds. The van der Waals surface area contributed by atoms with Crippen molar-refractivity contribution in [2.24, 2.45) is 0 Å². The Morgan fingerprint density at radius 1 is 1.64 bits per heavy atom. The molecule has 1 heterocycles. The third-order valence-corrected chi connectivity index (χ3v) is 1.31. The van der Waals surface area contributed by atoms with E-state index in [1.165, 1.54) is 4.80 Å². The summed E-state index contributed by atoms with van der Waals surface area (Å²) >= 11 is 0. The molecule has 0 radical (unpaired) electrons. The second-order valence-electron chi connectivity index (χ2n) is 2.13. The van der Waals surface area contributed by atoms with Crippen LogP contribution in [0.2, 0.25) is 0 Å². The standard InChI is InChI=1S/C6H9N3O2/c1-3-9-7-4(2)5(8-9)6(10)11/h3H2,1-2H3,(H,10,11). The number of hydrogen-bond donors (Lipinski definition) is 1. The van der Waals surface area contributed by atoms with Gasteiger partial charge in [-0.2, -0.15) is 9.90 Å². The summed E-state index contributed by atoms with van der Waals surface area (Å²) in [5.41, 5.74) is 0.492. The van der Waals surface area contributed by atoms with Crippen LogP contribution in [0.25, 0.3) is 0 Å². The average molecular weight is 155 g/mol. The third-order valence-electron chi connectivity index (χ3n) is 1.31. The summed E-state index contributed by atoms with van der Waals surface area (Å²) in [6, 6.07) is 0. The first-order chi connectivity index (χ1) is 5.15. The highest BCUT2D eigenvalue weighted by atomic mass is 16.4. The van der Waals surface area contributed by atoms with E-state index in [4.69, 9.17) is 5.11 Å². The quantitative estimate of drug-likeness (QED) is 0.667. The summed E-state index contributed by atoms with van der Waals surface area (Å²) in [6.07, 6.45) is 0. The lowest BCUT2D eigenvalue weighted by molar-refractivity contribution is 0.0688. The van der Waals surface area contributed by atoms with Crippen LogP contribution in [0.3, 0.4) is 0 Å². The second-order valence-corrected chi connectivity index (χ2v) is 2.13. The van der Waals surface area contributed by atoms with Gasteiger partial charge in [-0.25, -0.2) is 4.79 Å². The normalized spacial score (nSPS) is 10.0. The van der Waals surface area contributed by atoms with Gasteiger partial charge in [0.05, 0.1) is 12.2 Å². The number of carboxylic acid groups (broad SMARTS) is 1. The van der Waals surface area contributed by atoms with E-state index < -0.39 is 5.97 Å². The van der Waals surface area contributed by atoms with Crippen molar-refractivity contribution < 1.29 is 9.90 Å². The van der Waals surface area contributed by atoms with E-state index >= 15 is 0 Å². The van der Waals surface area contributed by atoms with Crippen molar-refractivity contribution in [2.45, 2.75) is 20.4 Å². The van der Waals surface area contributed by atoms with Crippen LogP contribution in [-0.4, -0.2) is 26.1 Å². The monoisotopic (exact) mass is 155 g/mol. The lowest BCUT2D eigenvalue weighted by atomic mass is 10.4. The van der Waals surface area contributed by atoms with Gasteiger partial charge in [0.1, 0.15) is 0 Å². The van der Waals surface area contributed by atoms with Gasteiger partial charge in [-0.3, -0.25) is 0 Å². The molecule has 11 heavy (non-hydrogen) atoms. The van der Waals surface area contributed by atoms with E-state index in [-0.39, 0.29) is 5.69 Å². The first-order valence-corrected chi connectivity index (χ1v) is 3.30. The van der Waals surface area contributed by atoms with Gasteiger partial charge in [0.2, 0.25) is 0 Å². The number of aromatic carboxylic acids is 1. The zero-order valence-corrected chi connectivity index (χ0v) is 6.40. The molecule has 1 aromatic heterocycles. The molecule has 1 aromatic rings. The Labute approximate surface area is 63.6 Å². The Hall–Kier alpha value is -1.39. The van der Waals surface area contributed by atoms with Crippen LogP contribution in [-0.2, 0) is 6.54 Å². The molecule has 5 nitrogen and oxygen atoms in total. The number of aromatic nitrogens is 3. The van der Waals surface area contributed by atoms with Gasteiger partial charge >= 0.3 is 5.97 Å². The van der Waals surface area contributed by atoms with E-state index in [1.54, 1.807) is 6.92 Å². The average Bonchev–Trinajstić information content (AvgIpc) is 2.30. The van der Waals surface area contributed by atoms with Crippen molar-refractivity contribution in [2.75, 3.05) is 0 Å². The smallest absolute Gasteiger partial charge is 0.358 e. The minimum absolute atomic E-state index is 0.0341. The highest BCUT2D eigenvalue weighted by Gasteiger charge is 2.12. The first kappa shape index (κ1) is 7.71. The van der Waals surface area contributed by atoms with Crippen molar-refractivity contribution in [3.05, 3.63) is 11.4 Å². The van der Waals surface area contributed by atoms with Gasteiger partial charge in [0.25, 0.3) is 0 Å². The molecule has 60 valence electrons. The molecular weight excluding hydrogens is 146 g/mol. The number of hydrogen-bond acceptors (Lipinski definition) is 3. The highest BCUT2D eigenvalue weighted by molar-refractivity contribution is 5.86. The first-order valence-electron chi connectivity index (χ1n) is 3.30. The predicted molar refractivity (Wildman–Crippen MR) is 37.4 cm³/mol. The maximum atomic E-state index is 10.4. The molecule has 5 heteroatoms. The molecule has 0 spiro atoms. The van der Waals surface area contributed by atoms with Gasteiger partial charge in [-0.05, 0) is 13.8 Å². The van der Waals surface area contributed by atoms with Crippen LogP contribution in [0, 0.1) is 6.92 Å². The third kappa shape index (κ3) is 1.36. The molecule has 0 atom stereocenters. The van der Waals surface area contributed by atoms with E-state index in [0.29, 0.717) is 12.2 Å². The zero-order valence-electron chi connectivity index (χ0n) is 6.40. The summed E-state index contributed by atoms with van der Waals surface area (Å²) in [5.74, 6) is -1.03. The maximum absolute atomic E-state index is 10.4. The Morgan fingerprint density at radius 2 is 2.27 bits per heavy atom. The molecule has 1 N–H and O–H groups in total. The van der Waals surface area contributed by atoms with E-state index in [9.17, 15) is 4.79 Å². The van der Waals surface area contributed by atoms with Crippen LogP contribution in [0.1, 0.15) is 23.1 Å². The van der Waals surface area contributed by atoms with Crippen molar-refractivity contribution in [1.82, 2.24) is 15.0 Å². The molecule has 0 aliphatic rings. The molecule has 0 saturated heterocycles. The molecule has 0 saturated carbocycles. The topological polar surface area (TPSA) is 68.0 Å². The van der Waals surface area contributed by atoms with Crippen LogP contribution in [0.5, 0.6) is 0 Å². The van der Waals surface area contributed by atoms with Crippen LogP contribution in [0.15, 0.2) is 0 Å². The minimum atomic E-state index is -1.03. The van der Waals surface area contributed by atoms with E-state index in [1.807, 2.05) is 6.92 Å². The fraction of sp³-hybridized carbons (Fsp3) is 0.500. The molecule has 0 aliphatic heterocycles. The lowest BCUT2D eigenvalue weighted by Crippen LogP contribution is -2.02. The molecule has 0 unspecified atom stereocenters. The molecular formula is C6H9N3O2. The second kappa shape index (κ2) is 2.69. The van der Waals surface area contributed by atoms with Crippen molar-refractivity contribution in [3.8, 4) is 0 Å². The SMILES string of the molecule is CCn1nc(C)c(C(=O)O)n1. The number of carbonyl (C=O) groups is 1. The number of aryl methyl sites for hydroxylation is 2. The molecule has 0 aliphatic carbocycles. The Kier molecular flexibility index (Phi) is 1.89. The van der Waals surface area contributed by atoms with Crippen molar-refractivity contribution >= 4 is 5.97 Å². The number of nitrogens with zero attached hydrogens (tertiary/aromatic N) is 3. The summed E-state index contributed by atoms with van der Waals surface area (Å²) < 4.78 is 0. The fourth-order valence-corrected chi connectivity index (χ4v) is 0.770. The van der Waals surface area contributed by atoms with Gasteiger partial charge in [-0.1, -0.05) is 0 Å². The van der Waals surface area contributed by atoms with Crippen molar-refractivity contribution in [1.29, 1.82) is 0 Å². The number of rotatable bonds is 2. The molecule has 1 rings (SSSR count). The van der Waals surface area contributed by atoms with Gasteiger partial charge in [-0.15, -0.1) is 5.10 Å². The minimum Gasteiger partial charge on any atom is -0.476 e. The Bertz CT molecular complexity index is 279. The summed E-state index contributed by atoms with van der Waals surface area (Å²) in [4.78, 5) is 11.8. The molecule has 0 aromatic carbocycles. The fourth-order valence-electron chi connectivity index (χ4n) is 0.770. The Morgan fingerprint density at radius 3 is 2.55 bits per heavy atom. The highest BCUT2D eigenvalue weighted by Crippen LogP contribution is 1.99. The van der Waals surface area contributed by atoms with Crippen LogP contribution >= 0.6 is 0 Å². The van der Waals surface area contributed by atoms with Gasteiger partial charge in [0, 0.05) is 0 Å². The molecule has 0 bridgehead atoms. The van der Waals surface area contributed by atoms with E-state index in [0.717, 1.165) is 0 Å². The van der Waals surface area contributed by atoms with Crippen LogP contribution in [0.4, 0.5) is 0 Å². The zero-order chi connectivity index (χ0) is 8.43. The summed E-state index contributed by atoms with van der Waals surface area (Å²) in [6.45, 7) is 4.07. The van der Waals surface area contributed by atoms with Crippen LogP contribution < -0.4 is 0 Å². The summed E-state index contributed by atoms with van der Waals surface area (Å²) in [5, 5.41) is 16.2. The maximum Gasteiger partial charge on any atom is 0.358 e. The lowest BCUT2D eigenvalue weighted by Gasteiger charge is -1.87. The molecule has 0 fully saturated rings. The predicted octanol–water partition coefficient (Wildman–Crippen LogP) is 0.305. The summed E-state index contributed by atoms with van der Waals surface area (Å²) in [7, 11) is 0. The van der Waals surface area contributed by atoms with E-state index in [2.05, 4.69) is 10.2 Å².